The summed E-state index contributed by atoms with van der Waals surface area (Å²) in [4.78, 5) is 2.56. The van der Waals surface area contributed by atoms with Gasteiger partial charge in [-0.3, -0.25) is 0 Å². The minimum atomic E-state index is -1.09. The molecule has 0 saturated heterocycles. The summed E-state index contributed by atoms with van der Waals surface area (Å²) in [6, 6.07) is 7.34. The molecule has 0 aliphatic rings. The largest absolute Gasteiger partial charge is 0.390 e. The number of benzene rings is 1. The molecule has 0 bridgehead atoms. The van der Waals surface area contributed by atoms with Crippen molar-refractivity contribution in [2.45, 2.75) is 45.1 Å². The van der Waals surface area contributed by atoms with Gasteiger partial charge in [0.2, 0.25) is 0 Å². The molecule has 0 radical (unpaired) electrons. The quantitative estimate of drug-likeness (QED) is 0.422. The Morgan fingerprint density at radius 1 is 1.25 bits per heavy atom. The van der Waals surface area contributed by atoms with Gasteiger partial charge in [-0.05, 0) is 37.4 Å². The van der Waals surface area contributed by atoms with Crippen molar-refractivity contribution in [1.82, 2.24) is 5.32 Å². The van der Waals surface area contributed by atoms with E-state index in [1.54, 1.807) is 12.1 Å². The first-order valence-corrected chi connectivity index (χ1v) is 6.54. The molecule has 0 heterocycles. The van der Waals surface area contributed by atoms with Crippen LogP contribution in [0.3, 0.4) is 0 Å². The zero-order chi connectivity index (χ0) is 15.2. The minimum Gasteiger partial charge on any atom is -0.390 e. The highest BCUT2D eigenvalue weighted by Gasteiger charge is 2.17. The number of hydrogen-bond donors (Lipinski definition) is 3. The van der Waals surface area contributed by atoms with E-state index in [2.05, 4.69) is 36.1 Å². The number of aliphatic hydroxyl groups excluding tert-OH is 2. The van der Waals surface area contributed by atoms with Gasteiger partial charge in [0.1, 0.15) is 6.10 Å². The van der Waals surface area contributed by atoms with E-state index in [0.29, 0.717) is 5.56 Å². The first-order chi connectivity index (χ1) is 9.33. The molecule has 1 rings (SSSR count). The van der Waals surface area contributed by atoms with E-state index in [9.17, 15) is 10.2 Å². The fourth-order valence-electron chi connectivity index (χ4n) is 1.64. The Kier molecular flexibility index (Phi) is 5.98. The number of aliphatic hydroxyl groups is 2. The summed E-state index contributed by atoms with van der Waals surface area (Å²) in [5.74, 6) is 0. The van der Waals surface area contributed by atoms with Crippen LogP contribution in [-0.2, 0) is 6.54 Å². The van der Waals surface area contributed by atoms with Crippen LogP contribution in [-0.4, -0.2) is 28.4 Å². The molecule has 1 aromatic carbocycles. The van der Waals surface area contributed by atoms with E-state index in [4.69, 9.17) is 5.53 Å². The summed E-state index contributed by atoms with van der Waals surface area (Å²) in [5, 5.41) is 26.2. The maximum Gasteiger partial charge on any atom is 0.105 e. The molecule has 0 aliphatic heterocycles. The standard InChI is InChI=1S/C14H22N4O2/c1-14(2,3)16-8-10-4-6-11(7-5-10)13(20)12(19)9-17-18-15/h4-7,12-13,16,19-20H,8-9H2,1-3H3. The summed E-state index contributed by atoms with van der Waals surface area (Å²) in [7, 11) is 0. The van der Waals surface area contributed by atoms with E-state index < -0.39 is 12.2 Å². The lowest BCUT2D eigenvalue weighted by Crippen LogP contribution is -2.35. The maximum atomic E-state index is 9.92. The van der Waals surface area contributed by atoms with Crippen LogP contribution < -0.4 is 5.32 Å². The fraction of sp³-hybridized carbons (Fsp3) is 0.571. The molecule has 6 nitrogen and oxygen atoms in total. The molecule has 0 saturated carbocycles. The highest BCUT2D eigenvalue weighted by atomic mass is 16.3. The van der Waals surface area contributed by atoms with Crippen LogP contribution in [0.25, 0.3) is 10.4 Å². The van der Waals surface area contributed by atoms with Crippen molar-refractivity contribution in [2.24, 2.45) is 5.11 Å². The molecule has 0 amide bonds. The Labute approximate surface area is 119 Å². The minimum absolute atomic E-state index is 0.0453. The second kappa shape index (κ2) is 7.26. The smallest absolute Gasteiger partial charge is 0.105 e. The molecule has 2 atom stereocenters. The van der Waals surface area contributed by atoms with Gasteiger partial charge in [-0.2, -0.15) is 0 Å². The van der Waals surface area contributed by atoms with E-state index >= 15 is 0 Å². The maximum absolute atomic E-state index is 9.92. The Balaban J connectivity index is 2.63. The van der Waals surface area contributed by atoms with Gasteiger partial charge in [0.25, 0.3) is 0 Å². The Hall–Kier alpha value is -1.59. The number of nitrogens with zero attached hydrogens (tertiary/aromatic N) is 3. The third kappa shape index (κ3) is 5.59. The second-order valence-corrected chi connectivity index (χ2v) is 5.77. The van der Waals surface area contributed by atoms with E-state index in [1.165, 1.54) is 0 Å². The van der Waals surface area contributed by atoms with Crippen molar-refractivity contribution in [3.63, 3.8) is 0 Å². The summed E-state index contributed by atoms with van der Waals surface area (Å²) in [6.07, 6.45) is -2.14. The lowest BCUT2D eigenvalue weighted by molar-refractivity contribution is 0.0244. The van der Waals surface area contributed by atoms with Gasteiger partial charge in [0.15, 0.2) is 0 Å². The van der Waals surface area contributed by atoms with Crippen LogP contribution in [0.1, 0.15) is 38.0 Å². The monoisotopic (exact) mass is 278 g/mol. The first-order valence-electron chi connectivity index (χ1n) is 6.54. The third-order valence-corrected chi connectivity index (χ3v) is 2.84. The first kappa shape index (κ1) is 16.5. The van der Waals surface area contributed by atoms with Gasteiger partial charge in [0, 0.05) is 17.0 Å². The topological polar surface area (TPSA) is 101 Å². The molecular weight excluding hydrogens is 256 g/mol. The van der Waals surface area contributed by atoms with Crippen LogP contribution >= 0.6 is 0 Å². The van der Waals surface area contributed by atoms with Crippen molar-refractivity contribution in [2.75, 3.05) is 6.54 Å². The highest BCUT2D eigenvalue weighted by Crippen LogP contribution is 2.18. The Morgan fingerprint density at radius 2 is 1.85 bits per heavy atom. The lowest BCUT2D eigenvalue weighted by Gasteiger charge is -2.21. The van der Waals surface area contributed by atoms with Gasteiger partial charge < -0.3 is 15.5 Å². The molecule has 2 unspecified atom stereocenters. The van der Waals surface area contributed by atoms with E-state index in [-0.39, 0.29) is 12.1 Å². The third-order valence-electron chi connectivity index (χ3n) is 2.84. The van der Waals surface area contributed by atoms with Gasteiger partial charge in [0.05, 0.1) is 12.6 Å². The van der Waals surface area contributed by atoms with Crippen molar-refractivity contribution in [3.05, 3.63) is 45.8 Å². The molecule has 0 aliphatic carbocycles. The van der Waals surface area contributed by atoms with Gasteiger partial charge in [-0.25, -0.2) is 0 Å². The van der Waals surface area contributed by atoms with Crippen LogP contribution in [0.15, 0.2) is 29.4 Å². The lowest BCUT2D eigenvalue weighted by atomic mass is 10.0. The normalized spacial score (nSPS) is 14.4. The summed E-state index contributed by atoms with van der Waals surface area (Å²) >= 11 is 0. The van der Waals surface area contributed by atoms with Crippen LogP contribution in [0, 0.1) is 0 Å². The molecule has 0 fully saturated rings. The molecular formula is C14H22N4O2. The van der Waals surface area contributed by atoms with Crippen molar-refractivity contribution in [1.29, 1.82) is 0 Å². The van der Waals surface area contributed by atoms with Crippen molar-refractivity contribution < 1.29 is 10.2 Å². The molecule has 0 spiro atoms. The number of nitrogens with one attached hydrogen (secondary N) is 1. The average molecular weight is 278 g/mol. The SMILES string of the molecule is CC(C)(C)NCc1ccc(C(O)C(O)CN=[N+]=[N-])cc1. The zero-order valence-electron chi connectivity index (χ0n) is 12.1. The zero-order valence-corrected chi connectivity index (χ0v) is 12.1. The molecule has 20 heavy (non-hydrogen) atoms. The summed E-state index contributed by atoms with van der Waals surface area (Å²) < 4.78 is 0. The molecule has 1 aromatic rings. The van der Waals surface area contributed by atoms with Gasteiger partial charge in [-0.1, -0.05) is 29.4 Å². The Bertz CT molecular complexity index is 461. The molecule has 110 valence electrons. The summed E-state index contributed by atoms with van der Waals surface area (Å²) in [6.45, 7) is 6.87. The highest BCUT2D eigenvalue weighted by molar-refractivity contribution is 5.25. The Morgan fingerprint density at radius 3 is 2.35 bits per heavy atom. The second-order valence-electron chi connectivity index (χ2n) is 5.77. The number of rotatable bonds is 6. The predicted octanol–water partition coefficient (Wildman–Crippen LogP) is 2.28. The van der Waals surface area contributed by atoms with Gasteiger partial charge >= 0.3 is 0 Å². The summed E-state index contributed by atoms with van der Waals surface area (Å²) in [5.41, 5.74) is 9.93. The molecule has 6 heteroatoms. The van der Waals surface area contributed by atoms with Crippen molar-refractivity contribution in [3.8, 4) is 0 Å². The molecule has 0 aromatic heterocycles. The van der Waals surface area contributed by atoms with E-state index in [0.717, 1.165) is 12.1 Å². The average Bonchev–Trinajstić information content (AvgIpc) is 2.41. The number of hydrogen-bond acceptors (Lipinski definition) is 4. The van der Waals surface area contributed by atoms with Crippen LogP contribution in [0.2, 0.25) is 0 Å². The fourth-order valence-corrected chi connectivity index (χ4v) is 1.64. The van der Waals surface area contributed by atoms with E-state index in [1.807, 2.05) is 12.1 Å². The van der Waals surface area contributed by atoms with Crippen molar-refractivity contribution >= 4 is 0 Å². The predicted molar refractivity (Wildman–Crippen MR) is 78.0 cm³/mol. The van der Waals surface area contributed by atoms with Crippen LogP contribution in [0.5, 0.6) is 0 Å². The molecule has 3 N–H and O–H groups in total. The van der Waals surface area contributed by atoms with Gasteiger partial charge in [-0.15, -0.1) is 0 Å². The van der Waals surface area contributed by atoms with Crippen LogP contribution in [0.4, 0.5) is 0 Å². The number of azide groups is 1.